The van der Waals surface area contributed by atoms with Crippen LogP contribution in [-0.4, -0.2) is 19.8 Å². The molecule has 104 valence electrons. The van der Waals surface area contributed by atoms with Gasteiger partial charge in [0.1, 0.15) is 0 Å². The minimum absolute atomic E-state index is 0.00959. The standard InChI is InChI=1S/C12H13N5O2S/c1-8-11(7-13-16(8)2)15-12(20)14-9-4-3-5-10(6-9)17(18)19/h3-7H,1-2H3,(H2,14,15,20). The van der Waals surface area contributed by atoms with Gasteiger partial charge in [-0.3, -0.25) is 14.8 Å². The number of nitro groups is 1. The zero-order valence-electron chi connectivity index (χ0n) is 11.0. The van der Waals surface area contributed by atoms with Gasteiger partial charge < -0.3 is 10.6 Å². The Labute approximate surface area is 120 Å². The molecule has 0 aliphatic rings. The molecule has 0 atom stereocenters. The fourth-order valence-electron chi connectivity index (χ4n) is 1.60. The Morgan fingerprint density at radius 3 is 2.80 bits per heavy atom. The first kappa shape index (κ1) is 13.9. The van der Waals surface area contributed by atoms with Crippen molar-refractivity contribution in [3.05, 3.63) is 46.3 Å². The number of nitrogens with zero attached hydrogens (tertiary/aromatic N) is 3. The van der Waals surface area contributed by atoms with Crippen molar-refractivity contribution in [2.75, 3.05) is 10.6 Å². The van der Waals surface area contributed by atoms with Crippen molar-refractivity contribution in [1.29, 1.82) is 0 Å². The summed E-state index contributed by atoms with van der Waals surface area (Å²) in [6, 6.07) is 6.15. The lowest BCUT2D eigenvalue weighted by molar-refractivity contribution is -0.384. The Morgan fingerprint density at radius 1 is 1.45 bits per heavy atom. The molecule has 0 spiro atoms. The van der Waals surface area contributed by atoms with Crippen molar-refractivity contribution in [3.8, 4) is 0 Å². The highest BCUT2D eigenvalue weighted by atomic mass is 32.1. The van der Waals surface area contributed by atoms with Gasteiger partial charge in [0.15, 0.2) is 5.11 Å². The van der Waals surface area contributed by atoms with Crippen LogP contribution >= 0.6 is 12.2 Å². The lowest BCUT2D eigenvalue weighted by Gasteiger charge is -2.09. The van der Waals surface area contributed by atoms with E-state index in [1.165, 1.54) is 12.1 Å². The van der Waals surface area contributed by atoms with Crippen LogP contribution in [0.1, 0.15) is 5.69 Å². The number of anilines is 2. The number of nitrogens with one attached hydrogen (secondary N) is 2. The molecule has 7 nitrogen and oxygen atoms in total. The van der Waals surface area contributed by atoms with E-state index in [9.17, 15) is 10.1 Å². The van der Waals surface area contributed by atoms with Gasteiger partial charge in [-0.15, -0.1) is 0 Å². The highest BCUT2D eigenvalue weighted by Gasteiger charge is 2.08. The molecule has 0 unspecified atom stereocenters. The highest BCUT2D eigenvalue weighted by molar-refractivity contribution is 7.80. The summed E-state index contributed by atoms with van der Waals surface area (Å²) in [4.78, 5) is 10.2. The van der Waals surface area contributed by atoms with Crippen LogP contribution in [0.25, 0.3) is 0 Å². The molecule has 0 saturated heterocycles. The molecule has 20 heavy (non-hydrogen) atoms. The summed E-state index contributed by atoms with van der Waals surface area (Å²) in [6.07, 6.45) is 1.66. The van der Waals surface area contributed by atoms with Gasteiger partial charge in [-0.2, -0.15) is 5.10 Å². The van der Waals surface area contributed by atoms with E-state index in [1.807, 2.05) is 14.0 Å². The SMILES string of the molecule is Cc1c(NC(=S)Nc2cccc([N+](=O)[O-])c2)cnn1C. The summed E-state index contributed by atoms with van der Waals surface area (Å²) in [6.45, 7) is 1.91. The zero-order valence-corrected chi connectivity index (χ0v) is 11.8. The molecular weight excluding hydrogens is 278 g/mol. The van der Waals surface area contributed by atoms with Crippen molar-refractivity contribution in [2.24, 2.45) is 7.05 Å². The second-order valence-electron chi connectivity index (χ2n) is 4.15. The predicted molar refractivity (Wildman–Crippen MR) is 80.9 cm³/mol. The Bertz CT molecular complexity index is 668. The summed E-state index contributed by atoms with van der Waals surface area (Å²) >= 11 is 5.17. The van der Waals surface area contributed by atoms with Crippen LogP contribution in [-0.2, 0) is 7.05 Å². The Balaban J connectivity index is 2.06. The third-order valence-corrected chi connectivity index (χ3v) is 3.00. The number of non-ortho nitro benzene ring substituents is 1. The summed E-state index contributed by atoms with van der Waals surface area (Å²) in [5.41, 5.74) is 2.29. The highest BCUT2D eigenvalue weighted by Crippen LogP contribution is 2.18. The van der Waals surface area contributed by atoms with Crippen LogP contribution in [0.15, 0.2) is 30.5 Å². The third-order valence-electron chi connectivity index (χ3n) is 2.80. The minimum Gasteiger partial charge on any atom is -0.332 e. The number of hydrogen-bond acceptors (Lipinski definition) is 4. The maximum Gasteiger partial charge on any atom is 0.271 e. The third kappa shape index (κ3) is 3.09. The molecule has 1 heterocycles. The molecule has 0 bridgehead atoms. The average molecular weight is 291 g/mol. The van der Waals surface area contributed by atoms with E-state index in [1.54, 1.807) is 23.0 Å². The maximum atomic E-state index is 10.7. The molecule has 2 rings (SSSR count). The number of benzene rings is 1. The van der Waals surface area contributed by atoms with Crippen LogP contribution in [0.4, 0.5) is 17.1 Å². The number of aryl methyl sites for hydroxylation is 1. The molecule has 0 saturated carbocycles. The van der Waals surface area contributed by atoms with Crippen molar-refractivity contribution in [2.45, 2.75) is 6.92 Å². The predicted octanol–water partition coefficient (Wildman–Crippen LogP) is 2.45. The zero-order chi connectivity index (χ0) is 14.7. The van der Waals surface area contributed by atoms with Crippen LogP contribution in [0.5, 0.6) is 0 Å². The van der Waals surface area contributed by atoms with Crippen LogP contribution in [0, 0.1) is 17.0 Å². The van der Waals surface area contributed by atoms with E-state index in [0.717, 1.165) is 11.4 Å². The Morgan fingerprint density at radius 2 is 2.20 bits per heavy atom. The molecule has 2 N–H and O–H groups in total. The second kappa shape index (κ2) is 5.66. The van der Waals surface area contributed by atoms with Crippen molar-refractivity contribution >= 4 is 34.4 Å². The van der Waals surface area contributed by atoms with E-state index in [0.29, 0.717) is 10.8 Å². The molecule has 0 aliphatic heterocycles. The van der Waals surface area contributed by atoms with Gasteiger partial charge in [0.25, 0.3) is 5.69 Å². The summed E-state index contributed by atoms with van der Waals surface area (Å²) < 4.78 is 1.72. The Hall–Kier alpha value is -2.48. The van der Waals surface area contributed by atoms with E-state index >= 15 is 0 Å². The number of nitro benzene ring substituents is 1. The number of rotatable bonds is 3. The molecule has 1 aromatic carbocycles. The molecule has 1 aromatic heterocycles. The molecular formula is C12H13N5O2S. The first-order valence-electron chi connectivity index (χ1n) is 5.78. The lowest BCUT2D eigenvalue weighted by atomic mass is 10.3. The molecule has 8 heteroatoms. The molecule has 0 radical (unpaired) electrons. The van der Waals surface area contributed by atoms with Crippen molar-refractivity contribution in [3.63, 3.8) is 0 Å². The van der Waals surface area contributed by atoms with Crippen LogP contribution in [0.3, 0.4) is 0 Å². The number of hydrogen-bond donors (Lipinski definition) is 2. The van der Waals surface area contributed by atoms with E-state index in [4.69, 9.17) is 12.2 Å². The topological polar surface area (TPSA) is 85.0 Å². The fourth-order valence-corrected chi connectivity index (χ4v) is 1.83. The summed E-state index contributed by atoms with van der Waals surface area (Å²) in [7, 11) is 1.83. The molecule has 2 aromatic rings. The van der Waals surface area contributed by atoms with Crippen LogP contribution in [0.2, 0.25) is 0 Å². The van der Waals surface area contributed by atoms with Gasteiger partial charge in [-0.1, -0.05) is 6.07 Å². The quantitative estimate of drug-likeness (QED) is 0.513. The molecule has 0 amide bonds. The average Bonchev–Trinajstić information content (AvgIpc) is 2.71. The largest absolute Gasteiger partial charge is 0.332 e. The first-order chi connectivity index (χ1) is 9.47. The van der Waals surface area contributed by atoms with Gasteiger partial charge in [-0.05, 0) is 25.2 Å². The Kier molecular flexibility index (Phi) is 3.94. The van der Waals surface area contributed by atoms with Gasteiger partial charge >= 0.3 is 0 Å². The van der Waals surface area contributed by atoms with Gasteiger partial charge in [0, 0.05) is 24.9 Å². The maximum absolute atomic E-state index is 10.7. The summed E-state index contributed by atoms with van der Waals surface area (Å²) in [5, 5.41) is 21.0. The van der Waals surface area contributed by atoms with Crippen LogP contribution < -0.4 is 10.6 Å². The van der Waals surface area contributed by atoms with E-state index in [-0.39, 0.29) is 5.69 Å². The van der Waals surface area contributed by atoms with Gasteiger partial charge in [0.05, 0.1) is 22.5 Å². The first-order valence-corrected chi connectivity index (χ1v) is 6.19. The van der Waals surface area contributed by atoms with Crippen molar-refractivity contribution < 1.29 is 4.92 Å². The number of thiocarbonyl (C=S) groups is 1. The molecule has 0 aliphatic carbocycles. The smallest absolute Gasteiger partial charge is 0.271 e. The minimum atomic E-state index is -0.451. The normalized spacial score (nSPS) is 10.1. The lowest BCUT2D eigenvalue weighted by Crippen LogP contribution is -2.19. The monoisotopic (exact) mass is 291 g/mol. The van der Waals surface area contributed by atoms with Crippen molar-refractivity contribution in [1.82, 2.24) is 9.78 Å². The van der Waals surface area contributed by atoms with E-state index in [2.05, 4.69) is 15.7 Å². The second-order valence-corrected chi connectivity index (χ2v) is 4.56. The fraction of sp³-hybridized carbons (Fsp3) is 0.167. The summed E-state index contributed by atoms with van der Waals surface area (Å²) in [5.74, 6) is 0. The molecule has 0 fully saturated rings. The van der Waals surface area contributed by atoms with Gasteiger partial charge in [-0.25, -0.2) is 0 Å². The van der Waals surface area contributed by atoms with Gasteiger partial charge in [0.2, 0.25) is 0 Å². The van der Waals surface area contributed by atoms with E-state index < -0.39 is 4.92 Å². The number of aromatic nitrogens is 2.